The number of ether oxygens (including phenoxy) is 3. The highest BCUT2D eigenvalue weighted by molar-refractivity contribution is 5.71. The van der Waals surface area contributed by atoms with Crippen LogP contribution < -0.4 is 0 Å². The summed E-state index contributed by atoms with van der Waals surface area (Å²) in [5.41, 5.74) is 0.425. The van der Waals surface area contributed by atoms with Crippen LogP contribution in [-0.4, -0.2) is 48.4 Å². The molecule has 1 aromatic carbocycles. The Hall–Kier alpha value is -2.08. The molecule has 1 heterocycles. The van der Waals surface area contributed by atoms with E-state index in [0.29, 0.717) is 13.2 Å². The van der Waals surface area contributed by atoms with Crippen LogP contribution >= 0.6 is 0 Å². The van der Waals surface area contributed by atoms with E-state index >= 15 is 0 Å². The number of carbonyl (C=O) groups excluding carboxylic acids is 2. The van der Waals surface area contributed by atoms with Gasteiger partial charge in [-0.25, -0.2) is 9.59 Å². The van der Waals surface area contributed by atoms with Crippen LogP contribution in [0, 0.1) is 0 Å². The Morgan fingerprint density at radius 3 is 2.58 bits per heavy atom. The van der Waals surface area contributed by atoms with Crippen LogP contribution in [0.2, 0.25) is 0 Å². The number of nitrogens with zero attached hydrogens (tertiary/aromatic N) is 1. The molecule has 1 fully saturated rings. The molecule has 2 rings (SSSR count). The van der Waals surface area contributed by atoms with Gasteiger partial charge in [0.2, 0.25) is 0 Å². The third kappa shape index (κ3) is 7.04. The summed E-state index contributed by atoms with van der Waals surface area (Å²) in [6, 6.07) is 9.52. The van der Waals surface area contributed by atoms with E-state index in [2.05, 4.69) is 0 Å². The second-order valence-electron chi connectivity index (χ2n) is 7.48. The Kier molecular flexibility index (Phi) is 7.45. The smallest absolute Gasteiger partial charge is 0.410 e. The van der Waals surface area contributed by atoms with Crippen LogP contribution in [0.4, 0.5) is 4.79 Å². The molecule has 0 radical (unpaired) electrons. The van der Waals surface area contributed by atoms with Gasteiger partial charge >= 0.3 is 12.1 Å². The fourth-order valence-electron chi connectivity index (χ4n) is 2.87. The molecule has 0 N–H and O–H groups in total. The largest absolute Gasteiger partial charge is 0.458 e. The van der Waals surface area contributed by atoms with Crippen molar-refractivity contribution in [2.75, 3.05) is 19.8 Å². The average Bonchev–Trinajstić information content (AvgIpc) is 2.59. The quantitative estimate of drug-likeness (QED) is 0.724. The van der Waals surface area contributed by atoms with E-state index in [1.54, 1.807) is 4.90 Å². The number of benzene rings is 1. The molecule has 1 atom stereocenters. The molecule has 6 nitrogen and oxygen atoms in total. The fourth-order valence-corrected chi connectivity index (χ4v) is 2.87. The normalized spacial score (nSPS) is 17.7. The zero-order valence-electron chi connectivity index (χ0n) is 15.9. The van der Waals surface area contributed by atoms with Gasteiger partial charge in [-0.1, -0.05) is 30.3 Å². The minimum absolute atomic E-state index is 0.0746. The average molecular weight is 363 g/mol. The van der Waals surface area contributed by atoms with Crippen LogP contribution in [0.25, 0.3) is 0 Å². The second-order valence-corrected chi connectivity index (χ2v) is 7.48. The fraction of sp³-hybridized carbons (Fsp3) is 0.600. The van der Waals surface area contributed by atoms with Crippen molar-refractivity contribution < 1.29 is 23.8 Å². The highest BCUT2D eigenvalue weighted by Crippen LogP contribution is 2.19. The predicted molar refractivity (Wildman–Crippen MR) is 97.6 cm³/mol. The summed E-state index contributed by atoms with van der Waals surface area (Å²) in [5, 5.41) is 0. The molecule has 0 aliphatic carbocycles. The van der Waals surface area contributed by atoms with E-state index in [4.69, 9.17) is 14.2 Å². The Bertz CT molecular complexity index is 582. The number of hydrogen-bond donors (Lipinski definition) is 0. The summed E-state index contributed by atoms with van der Waals surface area (Å²) < 4.78 is 16.2. The maximum absolute atomic E-state index is 12.4. The predicted octanol–water partition coefficient (Wildman–Crippen LogP) is 3.54. The number of esters is 1. The molecule has 0 aromatic heterocycles. The minimum Gasteiger partial charge on any atom is -0.458 e. The lowest BCUT2D eigenvalue weighted by molar-refractivity contribution is -0.160. The first-order valence-corrected chi connectivity index (χ1v) is 9.12. The summed E-state index contributed by atoms with van der Waals surface area (Å²) in [6.07, 6.45) is 2.49. The van der Waals surface area contributed by atoms with Gasteiger partial charge in [0.15, 0.2) is 0 Å². The van der Waals surface area contributed by atoms with E-state index < -0.39 is 11.6 Å². The number of rotatable bonds is 6. The van der Waals surface area contributed by atoms with Gasteiger partial charge in [0.25, 0.3) is 0 Å². The van der Waals surface area contributed by atoms with Crippen molar-refractivity contribution in [1.29, 1.82) is 0 Å². The first-order chi connectivity index (χ1) is 12.3. The molecule has 0 saturated carbocycles. The second kappa shape index (κ2) is 9.57. The molecule has 1 aliphatic rings. The van der Waals surface area contributed by atoms with Crippen molar-refractivity contribution in [2.45, 2.75) is 58.3 Å². The summed E-state index contributed by atoms with van der Waals surface area (Å²) in [4.78, 5) is 25.9. The molecule has 144 valence electrons. The van der Waals surface area contributed by atoms with Crippen molar-refractivity contribution in [3.05, 3.63) is 35.9 Å². The van der Waals surface area contributed by atoms with Crippen molar-refractivity contribution in [2.24, 2.45) is 0 Å². The summed E-state index contributed by atoms with van der Waals surface area (Å²) in [6.45, 7) is 6.54. The first-order valence-electron chi connectivity index (χ1n) is 9.12. The zero-order chi connectivity index (χ0) is 19.0. The van der Waals surface area contributed by atoms with Crippen molar-refractivity contribution in [3.63, 3.8) is 0 Å². The van der Waals surface area contributed by atoms with Crippen LogP contribution in [0.1, 0.15) is 45.6 Å². The molecule has 1 saturated heterocycles. The maximum Gasteiger partial charge on any atom is 0.410 e. The monoisotopic (exact) mass is 363 g/mol. The van der Waals surface area contributed by atoms with Gasteiger partial charge in [-0.15, -0.1) is 0 Å². The number of piperidine rings is 1. The molecule has 1 aliphatic heterocycles. The third-order valence-corrected chi connectivity index (χ3v) is 4.02. The summed E-state index contributed by atoms with van der Waals surface area (Å²) in [7, 11) is 0. The molecular formula is C20H29NO5. The maximum atomic E-state index is 12.4. The standard InChI is InChI=1S/C20H29NO5/c1-20(2,3)26-18(22)15-24-14-17-11-7-8-12-21(17)19(23)25-13-16-9-5-4-6-10-16/h4-6,9-10,17H,7-8,11-15H2,1-3H3. The van der Waals surface area contributed by atoms with E-state index in [9.17, 15) is 9.59 Å². The van der Waals surface area contributed by atoms with E-state index in [1.165, 1.54) is 0 Å². The van der Waals surface area contributed by atoms with Gasteiger partial charge in [0.05, 0.1) is 12.6 Å². The lowest BCUT2D eigenvalue weighted by Gasteiger charge is -2.34. The molecule has 6 heteroatoms. The molecule has 0 bridgehead atoms. The summed E-state index contributed by atoms with van der Waals surface area (Å²) >= 11 is 0. The molecule has 1 amide bonds. The first kappa shape index (κ1) is 20.2. The van der Waals surface area contributed by atoms with Crippen molar-refractivity contribution in [1.82, 2.24) is 4.90 Å². The summed E-state index contributed by atoms with van der Waals surface area (Å²) in [5.74, 6) is -0.397. The lowest BCUT2D eigenvalue weighted by Crippen LogP contribution is -2.46. The van der Waals surface area contributed by atoms with Crippen molar-refractivity contribution in [3.8, 4) is 0 Å². The molecule has 0 spiro atoms. The van der Waals surface area contributed by atoms with Gasteiger partial charge in [0, 0.05) is 6.54 Å². The highest BCUT2D eigenvalue weighted by atomic mass is 16.6. The van der Waals surface area contributed by atoms with Gasteiger partial charge in [-0.05, 0) is 45.6 Å². The molecular weight excluding hydrogens is 334 g/mol. The minimum atomic E-state index is -0.529. The number of carbonyl (C=O) groups is 2. The van der Waals surface area contributed by atoms with Gasteiger partial charge in [0.1, 0.15) is 18.8 Å². The Morgan fingerprint density at radius 1 is 1.15 bits per heavy atom. The third-order valence-electron chi connectivity index (χ3n) is 4.02. The van der Waals surface area contributed by atoms with Crippen LogP contribution in [0.3, 0.4) is 0 Å². The lowest BCUT2D eigenvalue weighted by atomic mass is 10.0. The molecule has 1 unspecified atom stereocenters. The SMILES string of the molecule is CC(C)(C)OC(=O)COCC1CCCCN1C(=O)OCc1ccccc1. The topological polar surface area (TPSA) is 65.1 Å². The highest BCUT2D eigenvalue weighted by Gasteiger charge is 2.28. The Balaban J connectivity index is 1.79. The van der Waals surface area contributed by atoms with Crippen molar-refractivity contribution >= 4 is 12.1 Å². The van der Waals surface area contributed by atoms with E-state index in [0.717, 1.165) is 24.8 Å². The number of likely N-dealkylation sites (tertiary alicyclic amines) is 1. The van der Waals surface area contributed by atoms with Gasteiger partial charge in [-0.2, -0.15) is 0 Å². The molecule has 1 aromatic rings. The Morgan fingerprint density at radius 2 is 1.88 bits per heavy atom. The number of hydrogen-bond acceptors (Lipinski definition) is 5. The van der Waals surface area contributed by atoms with Crippen LogP contribution in [0.5, 0.6) is 0 Å². The molecule has 26 heavy (non-hydrogen) atoms. The Labute approximate surface area is 155 Å². The zero-order valence-corrected chi connectivity index (χ0v) is 15.9. The van der Waals surface area contributed by atoms with E-state index in [1.807, 2.05) is 51.1 Å². The number of amides is 1. The van der Waals surface area contributed by atoms with Crippen LogP contribution in [-0.2, 0) is 25.6 Å². The van der Waals surface area contributed by atoms with Gasteiger partial charge in [-0.3, -0.25) is 0 Å². The van der Waals surface area contributed by atoms with Gasteiger partial charge < -0.3 is 19.1 Å². The van der Waals surface area contributed by atoms with Crippen LogP contribution in [0.15, 0.2) is 30.3 Å². The van der Waals surface area contributed by atoms with E-state index in [-0.39, 0.29) is 25.3 Å².